The molecular formula is C13H18ClNO3. The summed E-state index contributed by atoms with van der Waals surface area (Å²) in [5.41, 5.74) is 1.03. The van der Waals surface area contributed by atoms with E-state index in [4.69, 9.17) is 21.4 Å². The van der Waals surface area contributed by atoms with Gasteiger partial charge in [-0.2, -0.15) is 0 Å². The van der Waals surface area contributed by atoms with E-state index < -0.39 is 12.1 Å². The summed E-state index contributed by atoms with van der Waals surface area (Å²) in [5.74, 6) is -0.628. The van der Waals surface area contributed by atoms with Gasteiger partial charge in [0.2, 0.25) is 0 Å². The van der Waals surface area contributed by atoms with Crippen molar-refractivity contribution in [2.24, 2.45) is 0 Å². The lowest BCUT2D eigenvalue weighted by molar-refractivity contribution is -0.144. The van der Waals surface area contributed by atoms with E-state index >= 15 is 0 Å². The lowest BCUT2D eigenvalue weighted by Crippen LogP contribution is -2.23. The number of ether oxygens (including phenoxy) is 1. The van der Waals surface area contributed by atoms with Gasteiger partial charge in [0.05, 0.1) is 5.02 Å². The van der Waals surface area contributed by atoms with Crippen molar-refractivity contribution in [1.82, 2.24) is 5.32 Å². The molecule has 0 saturated heterocycles. The van der Waals surface area contributed by atoms with E-state index in [1.165, 1.54) is 6.92 Å². The first-order valence-electron chi connectivity index (χ1n) is 5.81. The van der Waals surface area contributed by atoms with Gasteiger partial charge in [0.15, 0.2) is 6.10 Å². The predicted molar refractivity (Wildman–Crippen MR) is 71.2 cm³/mol. The van der Waals surface area contributed by atoms with E-state index in [0.29, 0.717) is 23.4 Å². The Bertz CT molecular complexity index is 421. The number of carboxylic acids is 1. The zero-order chi connectivity index (χ0) is 13.7. The molecule has 0 fully saturated rings. The third-order valence-electron chi connectivity index (χ3n) is 2.36. The quantitative estimate of drug-likeness (QED) is 0.835. The number of aliphatic carboxylic acids is 1. The molecule has 100 valence electrons. The van der Waals surface area contributed by atoms with Crippen molar-refractivity contribution in [3.05, 3.63) is 28.8 Å². The van der Waals surface area contributed by atoms with E-state index in [1.54, 1.807) is 12.1 Å². The van der Waals surface area contributed by atoms with E-state index in [-0.39, 0.29) is 0 Å². The summed E-state index contributed by atoms with van der Waals surface area (Å²) in [6.45, 7) is 6.31. The van der Waals surface area contributed by atoms with Crippen LogP contribution in [0, 0.1) is 0 Å². The van der Waals surface area contributed by atoms with Gasteiger partial charge in [-0.15, -0.1) is 0 Å². The maximum absolute atomic E-state index is 10.7. The van der Waals surface area contributed by atoms with Gasteiger partial charge in [-0.25, -0.2) is 4.79 Å². The predicted octanol–water partition coefficient (Wildman–Crippen LogP) is 2.69. The number of benzene rings is 1. The van der Waals surface area contributed by atoms with Gasteiger partial charge in [0, 0.05) is 12.6 Å². The molecule has 0 bridgehead atoms. The molecule has 1 aromatic carbocycles. The fraction of sp³-hybridized carbons (Fsp3) is 0.462. The van der Waals surface area contributed by atoms with Crippen LogP contribution in [0.2, 0.25) is 5.02 Å². The molecule has 0 radical (unpaired) electrons. The highest BCUT2D eigenvalue weighted by atomic mass is 35.5. The second-order valence-electron chi connectivity index (χ2n) is 4.40. The van der Waals surface area contributed by atoms with Crippen molar-refractivity contribution in [3.63, 3.8) is 0 Å². The number of halogens is 1. The van der Waals surface area contributed by atoms with Gasteiger partial charge in [0.25, 0.3) is 0 Å². The first-order chi connectivity index (χ1) is 8.40. The number of hydrogen-bond donors (Lipinski definition) is 2. The van der Waals surface area contributed by atoms with Crippen LogP contribution in [0.1, 0.15) is 26.3 Å². The van der Waals surface area contributed by atoms with Gasteiger partial charge < -0.3 is 15.2 Å². The Balaban J connectivity index is 2.70. The van der Waals surface area contributed by atoms with Crippen LogP contribution in [0.3, 0.4) is 0 Å². The summed E-state index contributed by atoms with van der Waals surface area (Å²) in [6, 6.07) is 5.73. The van der Waals surface area contributed by atoms with Gasteiger partial charge in [-0.1, -0.05) is 31.5 Å². The zero-order valence-corrected chi connectivity index (χ0v) is 11.5. The smallest absolute Gasteiger partial charge is 0.344 e. The molecule has 0 spiro atoms. The largest absolute Gasteiger partial charge is 0.479 e. The fourth-order valence-electron chi connectivity index (χ4n) is 1.31. The molecule has 0 amide bonds. The lowest BCUT2D eigenvalue weighted by Gasteiger charge is -2.13. The third kappa shape index (κ3) is 4.55. The molecule has 1 aromatic rings. The van der Waals surface area contributed by atoms with Crippen LogP contribution in [-0.2, 0) is 11.3 Å². The average Bonchev–Trinajstić information content (AvgIpc) is 2.29. The SMILES string of the molecule is CC(C)NCc1ccc(OC(C)C(=O)O)c(Cl)c1. The molecule has 2 N–H and O–H groups in total. The van der Waals surface area contributed by atoms with Crippen molar-refractivity contribution in [3.8, 4) is 5.75 Å². The Hall–Kier alpha value is -1.26. The Morgan fingerprint density at radius 2 is 2.11 bits per heavy atom. The molecule has 0 saturated carbocycles. The molecule has 0 aliphatic carbocycles. The van der Waals surface area contributed by atoms with Crippen molar-refractivity contribution < 1.29 is 14.6 Å². The minimum Gasteiger partial charge on any atom is -0.479 e. The monoisotopic (exact) mass is 271 g/mol. The molecule has 5 heteroatoms. The van der Waals surface area contributed by atoms with Gasteiger partial charge in [-0.3, -0.25) is 0 Å². The Morgan fingerprint density at radius 3 is 2.61 bits per heavy atom. The Kier molecular flexibility index (Phi) is 5.44. The Morgan fingerprint density at radius 1 is 1.44 bits per heavy atom. The lowest BCUT2D eigenvalue weighted by atomic mass is 10.2. The molecule has 18 heavy (non-hydrogen) atoms. The van der Waals surface area contributed by atoms with Gasteiger partial charge in [0.1, 0.15) is 5.75 Å². The molecule has 0 heterocycles. The summed E-state index contributed by atoms with van der Waals surface area (Å²) >= 11 is 6.05. The van der Waals surface area contributed by atoms with E-state index in [2.05, 4.69) is 19.2 Å². The van der Waals surface area contributed by atoms with Crippen LogP contribution in [0.15, 0.2) is 18.2 Å². The van der Waals surface area contributed by atoms with Crippen molar-refractivity contribution in [2.45, 2.75) is 39.5 Å². The highest BCUT2D eigenvalue weighted by Gasteiger charge is 2.14. The van der Waals surface area contributed by atoms with Gasteiger partial charge >= 0.3 is 5.97 Å². The molecule has 0 aliphatic heterocycles. The van der Waals surface area contributed by atoms with Gasteiger partial charge in [-0.05, 0) is 24.6 Å². The normalized spacial score (nSPS) is 12.5. The number of hydrogen-bond acceptors (Lipinski definition) is 3. The molecule has 4 nitrogen and oxygen atoms in total. The van der Waals surface area contributed by atoms with Crippen LogP contribution < -0.4 is 10.1 Å². The highest BCUT2D eigenvalue weighted by Crippen LogP contribution is 2.26. The molecule has 1 atom stereocenters. The minimum atomic E-state index is -1.02. The zero-order valence-electron chi connectivity index (χ0n) is 10.7. The van der Waals surface area contributed by atoms with E-state index in [9.17, 15) is 4.79 Å². The first kappa shape index (κ1) is 14.8. The van der Waals surface area contributed by atoms with Crippen molar-refractivity contribution in [1.29, 1.82) is 0 Å². The molecule has 1 rings (SSSR count). The summed E-state index contributed by atoms with van der Waals surface area (Å²) in [6.07, 6.45) is -0.915. The van der Waals surface area contributed by atoms with Crippen LogP contribution >= 0.6 is 11.6 Å². The van der Waals surface area contributed by atoms with Crippen LogP contribution in [-0.4, -0.2) is 23.2 Å². The highest BCUT2D eigenvalue weighted by molar-refractivity contribution is 6.32. The van der Waals surface area contributed by atoms with Crippen molar-refractivity contribution >= 4 is 17.6 Å². The maximum atomic E-state index is 10.7. The number of carboxylic acid groups (broad SMARTS) is 1. The summed E-state index contributed by atoms with van der Waals surface area (Å²) in [5, 5.41) is 12.5. The second-order valence-corrected chi connectivity index (χ2v) is 4.81. The van der Waals surface area contributed by atoms with E-state index in [1.807, 2.05) is 6.07 Å². The average molecular weight is 272 g/mol. The summed E-state index contributed by atoms with van der Waals surface area (Å²) < 4.78 is 5.24. The molecule has 1 unspecified atom stereocenters. The molecular weight excluding hydrogens is 254 g/mol. The topological polar surface area (TPSA) is 58.6 Å². The Labute approximate surface area is 112 Å². The van der Waals surface area contributed by atoms with Crippen LogP contribution in [0.5, 0.6) is 5.75 Å². The number of carbonyl (C=O) groups is 1. The molecule has 0 aliphatic rings. The number of rotatable bonds is 6. The van der Waals surface area contributed by atoms with Crippen LogP contribution in [0.25, 0.3) is 0 Å². The second kappa shape index (κ2) is 6.61. The molecule has 0 aromatic heterocycles. The van der Waals surface area contributed by atoms with Crippen LogP contribution in [0.4, 0.5) is 0 Å². The summed E-state index contributed by atoms with van der Waals surface area (Å²) in [7, 11) is 0. The minimum absolute atomic E-state index is 0.389. The number of nitrogens with one attached hydrogen (secondary N) is 1. The maximum Gasteiger partial charge on any atom is 0.344 e. The fourth-order valence-corrected chi connectivity index (χ4v) is 1.56. The van der Waals surface area contributed by atoms with E-state index in [0.717, 1.165) is 5.56 Å². The first-order valence-corrected chi connectivity index (χ1v) is 6.19. The van der Waals surface area contributed by atoms with Crippen molar-refractivity contribution in [2.75, 3.05) is 0 Å². The third-order valence-corrected chi connectivity index (χ3v) is 2.66. The standard InChI is InChI=1S/C13H18ClNO3/c1-8(2)15-7-10-4-5-12(11(14)6-10)18-9(3)13(16)17/h4-6,8-9,15H,7H2,1-3H3,(H,16,17). The summed E-state index contributed by atoms with van der Waals surface area (Å²) in [4.78, 5) is 10.7.